The molecule has 0 aliphatic rings. The Morgan fingerprint density at radius 2 is 1.17 bits per heavy atom. The van der Waals surface area contributed by atoms with E-state index in [1.807, 2.05) is 48.8 Å². The standard InChI is InChI=1S/C19H22N4O4.C14H16N4.C11H11NO7/c1-11(2)9-23-10-20-16-17(23)14-7-5-6-8-15(14)21-18(16)22-19(25)27-13(4)26-12(3)24;1-9(2)7-18-8-16-12-13(18)10-5-3-4-6-11(10)17-14(12)15;1-7(13)17-8(2)18-11(14)19-10-5-3-9(4-6-10)12(15)16/h5-8,10-11,13H,9H2,1-4H3,(H,21,22,25);3-6,8-9H,7H2,1-2H3,(H2,15,17);3-6,8H,1-2H3. The van der Waals surface area contributed by atoms with E-state index in [9.17, 15) is 29.3 Å². The lowest BCUT2D eigenvalue weighted by atomic mass is 10.1. The molecular formula is C44H49N9O11. The molecule has 7 rings (SSSR count). The Bertz CT molecular complexity index is 2790. The van der Waals surface area contributed by atoms with E-state index in [4.69, 9.17) is 19.9 Å². The van der Waals surface area contributed by atoms with Crippen molar-refractivity contribution in [1.82, 2.24) is 29.1 Å². The summed E-state index contributed by atoms with van der Waals surface area (Å²) in [7, 11) is 0. The number of amides is 1. The number of anilines is 2. The first-order valence-electron chi connectivity index (χ1n) is 20.1. The number of fused-ring (bicyclic) bond motifs is 6. The summed E-state index contributed by atoms with van der Waals surface area (Å²) in [6.07, 6.45) is -0.333. The summed E-state index contributed by atoms with van der Waals surface area (Å²) in [6, 6.07) is 20.6. The summed E-state index contributed by atoms with van der Waals surface area (Å²) in [5.41, 5.74) is 10.9. The fourth-order valence-electron chi connectivity index (χ4n) is 6.42. The Labute approximate surface area is 366 Å². The number of non-ortho nitro benzene ring substituents is 1. The Morgan fingerprint density at radius 3 is 1.69 bits per heavy atom. The molecule has 4 heterocycles. The molecule has 4 aromatic heterocycles. The maximum Gasteiger partial charge on any atom is 0.516 e. The number of nitrogens with zero attached hydrogens (tertiary/aromatic N) is 7. The van der Waals surface area contributed by atoms with Crippen LogP contribution in [-0.2, 0) is 41.6 Å². The monoisotopic (exact) mass is 879 g/mol. The second-order valence-corrected chi connectivity index (χ2v) is 15.1. The van der Waals surface area contributed by atoms with Crippen molar-refractivity contribution >= 4 is 85.4 Å². The Morgan fingerprint density at radius 1 is 0.688 bits per heavy atom. The molecule has 0 fully saturated rings. The molecule has 0 aliphatic carbocycles. The highest BCUT2D eigenvalue weighted by Crippen LogP contribution is 2.30. The van der Waals surface area contributed by atoms with Crippen molar-refractivity contribution in [3.63, 3.8) is 0 Å². The topological polar surface area (TPSA) is 257 Å². The van der Waals surface area contributed by atoms with Crippen LogP contribution < -0.4 is 15.8 Å². The number of rotatable bonds is 11. The lowest BCUT2D eigenvalue weighted by Crippen LogP contribution is -2.24. The van der Waals surface area contributed by atoms with Crippen molar-refractivity contribution in [3.05, 3.63) is 95.6 Å². The zero-order valence-corrected chi connectivity index (χ0v) is 36.5. The molecule has 3 aromatic carbocycles. The van der Waals surface area contributed by atoms with Crippen LogP contribution in [0.3, 0.4) is 0 Å². The smallest absolute Gasteiger partial charge is 0.426 e. The fourth-order valence-corrected chi connectivity index (χ4v) is 6.42. The molecule has 1 amide bonds. The summed E-state index contributed by atoms with van der Waals surface area (Å²) >= 11 is 0. The molecule has 0 bridgehead atoms. The van der Waals surface area contributed by atoms with Crippen LogP contribution in [0.1, 0.15) is 55.4 Å². The summed E-state index contributed by atoms with van der Waals surface area (Å²) in [6.45, 7) is 15.6. The third-order valence-corrected chi connectivity index (χ3v) is 8.73. The molecule has 0 aliphatic heterocycles. The van der Waals surface area contributed by atoms with Gasteiger partial charge in [-0.2, -0.15) is 0 Å². The highest BCUT2D eigenvalue weighted by molar-refractivity contribution is 6.09. The van der Waals surface area contributed by atoms with Gasteiger partial charge in [0.1, 0.15) is 16.8 Å². The van der Waals surface area contributed by atoms with Crippen molar-refractivity contribution in [2.75, 3.05) is 11.1 Å². The normalized spacial score (nSPS) is 11.8. The summed E-state index contributed by atoms with van der Waals surface area (Å²) in [5, 5.41) is 15.1. The molecule has 0 saturated heterocycles. The van der Waals surface area contributed by atoms with Gasteiger partial charge in [-0.3, -0.25) is 25.0 Å². The first-order chi connectivity index (χ1) is 30.4. The first kappa shape index (κ1) is 47.2. The number of para-hydroxylation sites is 2. The Balaban J connectivity index is 0.000000186. The van der Waals surface area contributed by atoms with Crippen LogP contribution in [0.4, 0.5) is 26.9 Å². The van der Waals surface area contributed by atoms with Gasteiger partial charge in [-0.25, -0.2) is 29.5 Å². The predicted molar refractivity (Wildman–Crippen MR) is 237 cm³/mol. The molecule has 0 spiro atoms. The molecule has 0 saturated carbocycles. The second-order valence-electron chi connectivity index (χ2n) is 15.1. The van der Waals surface area contributed by atoms with E-state index >= 15 is 0 Å². The van der Waals surface area contributed by atoms with Crippen LogP contribution in [0.2, 0.25) is 0 Å². The van der Waals surface area contributed by atoms with E-state index in [2.05, 4.69) is 77.6 Å². The van der Waals surface area contributed by atoms with Gasteiger partial charge in [-0.15, -0.1) is 0 Å². The van der Waals surface area contributed by atoms with Gasteiger partial charge in [0.2, 0.25) is 12.6 Å². The third-order valence-electron chi connectivity index (χ3n) is 8.73. The van der Waals surface area contributed by atoms with Crippen LogP contribution in [-0.4, -0.2) is 70.8 Å². The van der Waals surface area contributed by atoms with E-state index < -0.39 is 41.7 Å². The molecule has 336 valence electrons. The third kappa shape index (κ3) is 12.6. The molecule has 2 atom stereocenters. The average molecular weight is 880 g/mol. The van der Waals surface area contributed by atoms with Gasteiger partial charge in [-0.1, -0.05) is 64.1 Å². The highest BCUT2D eigenvalue weighted by Gasteiger charge is 2.19. The molecule has 64 heavy (non-hydrogen) atoms. The number of esters is 2. The number of nitro benzene ring substituents is 1. The zero-order valence-electron chi connectivity index (χ0n) is 36.5. The van der Waals surface area contributed by atoms with Gasteiger partial charge in [0.15, 0.2) is 11.6 Å². The van der Waals surface area contributed by atoms with E-state index in [1.54, 1.807) is 6.33 Å². The maximum atomic E-state index is 12.2. The number of carbonyl (C=O) groups is 4. The maximum absolute atomic E-state index is 12.2. The number of hydrogen-bond acceptors (Lipinski definition) is 16. The number of imidazole rings is 2. The van der Waals surface area contributed by atoms with Crippen molar-refractivity contribution in [3.8, 4) is 5.75 Å². The van der Waals surface area contributed by atoms with E-state index in [1.165, 1.54) is 52.0 Å². The lowest BCUT2D eigenvalue weighted by Gasteiger charge is -2.14. The summed E-state index contributed by atoms with van der Waals surface area (Å²) < 4.78 is 27.9. The van der Waals surface area contributed by atoms with Gasteiger partial charge in [-0.05, 0) is 36.1 Å². The van der Waals surface area contributed by atoms with Gasteiger partial charge in [0, 0.05) is 63.7 Å². The predicted octanol–water partition coefficient (Wildman–Crippen LogP) is 8.54. The number of ether oxygens (including phenoxy) is 5. The highest BCUT2D eigenvalue weighted by atomic mass is 16.8. The van der Waals surface area contributed by atoms with Crippen molar-refractivity contribution in [2.24, 2.45) is 11.8 Å². The summed E-state index contributed by atoms with van der Waals surface area (Å²) in [5.74, 6) is 0.739. The molecule has 7 aromatic rings. The minimum Gasteiger partial charge on any atom is -0.426 e. The van der Waals surface area contributed by atoms with E-state index in [0.29, 0.717) is 29.0 Å². The second kappa shape index (κ2) is 21.3. The number of nitrogens with one attached hydrogen (secondary N) is 1. The van der Waals surface area contributed by atoms with Crippen molar-refractivity contribution in [1.29, 1.82) is 0 Å². The van der Waals surface area contributed by atoms with Gasteiger partial charge >= 0.3 is 24.2 Å². The Kier molecular flexibility index (Phi) is 15.7. The zero-order chi connectivity index (χ0) is 46.7. The fraction of sp³-hybridized carbons (Fsp3) is 0.318. The van der Waals surface area contributed by atoms with Crippen LogP contribution in [0.5, 0.6) is 5.75 Å². The minimum absolute atomic E-state index is 0.0747. The molecule has 2 unspecified atom stereocenters. The number of carbonyl (C=O) groups excluding carboxylic acids is 4. The SMILES string of the molecule is CC(=O)OC(C)OC(=O)Nc1nc2ccccc2c2c1ncn2CC(C)C.CC(=O)OC(C)OC(=O)Oc1ccc([N+](=O)[O-])cc1.CC(C)Cn1cnc2c(N)nc3ccccc3c21. The molecular weight excluding hydrogens is 831 g/mol. The van der Waals surface area contributed by atoms with E-state index in [0.717, 1.165) is 51.4 Å². The number of benzene rings is 3. The molecule has 0 radical (unpaired) electrons. The molecule has 20 nitrogen and oxygen atoms in total. The van der Waals surface area contributed by atoms with Gasteiger partial charge in [0.25, 0.3) is 5.69 Å². The quantitative estimate of drug-likeness (QED) is 0.0405. The largest absolute Gasteiger partial charge is 0.516 e. The van der Waals surface area contributed by atoms with Gasteiger partial charge < -0.3 is 38.6 Å². The number of nitro groups is 1. The van der Waals surface area contributed by atoms with Crippen molar-refractivity contribution in [2.45, 2.75) is 81.1 Å². The lowest BCUT2D eigenvalue weighted by molar-refractivity contribution is -0.384. The Hall–Kier alpha value is -7.90. The number of nitrogen functional groups attached to an aromatic ring is 1. The number of hydrogen-bond donors (Lipinski definition) is 2. The molecule has 20 heteroatoms. The number of aromatic nitrogens is 6. The van der Waals surface area contributed by atoms with E-state index in [-0.39, 0.29) is 11.4 Å². The average Bonchev–Trinajstić information content (AvgIpc) is 3.83. The van der Waals surface area contributed by atoms with Crippen LogP contribution in [0.25, 0.3) is 43.9 Å². The number of pyridine rings is 2. The van der Waals surface area contributed by atoms with Crippen LogP contribution >= 0.6 is 0 Å². The number of nitrogens with two attached hydrogens (primary N) is 1. The van der Waals surface area contributed by atoms with Gasteiger partial charge in [0.05, 0.1) is 39.6 Å². The van der Waals surface area contributed by atoms with Crippen molar-refractivity contribution < 1.29 is 47.8 Å². The first-order valence-corrected chi connectivity index (χ1v) is 20.1. The van der Waals surface area contributed by atoms with Crippen LogP contribution in [0, 0.1) is 22.0 Å². The minimum atomic E-state index is -1.08. The molecule has 3 N–H and O–H groups in total. The summed E-state index contributed by atoms with van der Waals surface area (Å²) in [4.78, 5) is 72.5. The van der Waals surface area contributed by atoms with Crippen LogP contribution in [0.15, 0.2) is 85.5 Å².